The summed E-state index contributed by atoms with van der Waals surface area (Å²) >= 11 is 0. The summed E-state index contributed by atoms with van der Waals surface area (Å²) in [5.74, 6) is 0. The smallest absolute Gasteiger partial charge is 0.174 e. The van der Waals surface area contributed by atoms with Gasteiger partial charge in [-0.15, -0.1) is 0 Å². The molecule has 1 heterocycles. The molecule has 0 saturated carbocycles. The van der Waals surface area contributed by atoms with Gasteiger partial charge < -0.3 is 5.11 Å². The Labute approximate surface area is 76.5 Å². The first-order valence-electron chi connectivity index (χ1n) is 4.45. The lowest BCUT2D eigenvalue weighted by molar-refractivity contribution is 0.198. The fourth-order valence-corrected chi connectivity index (χ4v) is 1.47. The maximum absolute atomic E-state index is 9.20. The predicted molar refractivity (Wildman–Crippen MR) is 48.9 cm³/mol. The molecule has 1 N–H and O–H groups in total. The number of aliphatic hydroxyl groups excluding tert-OH is 1. The highest BCUT2D eigenvalue weighted by Crippen LogP contribution is 2.16. The van der Waals surface area contributed by atoms with Crippen LogP contribution in [0.4, 0.5) is 0 Å². The van der Waals surface area contributed by atoms with Gasteiger partial charge in [0.05, 0.1) is 17.3 Å². The molecular formula is C10H12N2O. The van der Waals surface area contributed by atoms with Crippen LogP contribution in [-0.4, -0.2) is 17.4 Å². The molecular weight excluding hydrogens is 164 g/mol. The number of hydrogen-bond donors (Lipinski definition) is 1. The molecule has 0 aliphatic carbocycles. The van der Waals surface area contributed by atoms with Gasteiger partial charge in [-0.1, -0.05) is 19.1 Å². The zero-order valence-corrected chi connectivity index (χ0v) is 7.57. The Morgan fingerprint density at radius 1 is 1.23 bits per heavy atom. The summed E-state index contributed by atoms with van der Waals surface area (Å²) < 4.78 is 0. The van der Waals surface area contributed by atoms with E-state index in [2.05, 4.69) is 9.98 Å². The molecule has 0 unspecified atom stereocenters. The Morgan fingerprint density at radius 2 is 1.77 bits per heavy atom. The first-order chi connectivity index (χ1) is 6.29. The zero-order chi connectivity index (χ0) is 9.31. The van der Waals surface area contributed by atoms with Crippen LogP contribution in [0, 0.1) is 0 Å². The fourth-order valence-electron chi connectivity index (χ4n) is 1.47. The Hall–Kier alpha value is -1.22. The Kier molecular flexibility index (Phi) is 1.88. The highest BCUT2D eigenvalue weighted by Gasteiger charge is 2.27. The molecule has 1 aromatic rings. The van der Waals surface area contributed by atoms with Crippen molar-refractivity contribution in [1.29, 1.82) is 0 Å². The van der Waals surface area contributed by atoms with Crippen LogP contribution in [0.15, 0.2) is 34.3 Å². The lowest BCUT2D eigenvalue weighted by Gasteiger charge is -2.17. The third-order valence-corrected chi connectivity index (χ3v) is 2.36. The highest BCUT2D eigenvalue weighted by molar-refractivity contribution is 5.07. The number of nitrogens with zero attached hydrogens (tertiary/aromatic N) is 2. The number of aliphatic hydroxyl groups is 1. The number of hydrogen-bond acceptors (Lipinski definition) is 3. The van der Waals surface area contributed by atoms with E-state index in [0.717, 1.165) is 17.1 Å². The summed E-state index contributed by atoms with van der Waals surface area (Å²) in [5.41, 5.74) is -0.607. The molecule has 0 aromatic heterocycles. The maximum atomic E-state index is 9.20. The van der Waals surface area contributed by atoms with Crippen LogP contribution in [0.25, 0.3) is 0 Å². The van der Waals surface area contributed by atoms with Crippen molar-refractivity contribution >= 4 is 0 Å². The van der Waals surface area contributed by atoms with Crippen LogP contribution in [0.3, 0.4) is 0 Å². The van der Waals surface area contributed by atoms with Gasteiger partial charge in [0.1, 0.15) is 0 Å². The van der Waals surface area contributed by atoms with Crippen LogP contribution in [0.1, 0.15) is 13.3 Å². The standard InChI is InChI=1S/C10H12N2O/c1-2-10(7-13)11-8-5-3-4-6-9(8)12-10/h3-6,13H,2,7H2,1H3. The minimum absolute atomic E-state index is 0.0157. The molecule has 13 heavy (non-hydrogen) atoms. The van der Waals surface area contributed by atoms with Gasteiger partial charge in [0.2, 0.25) is 0 Å². The van der Waals surface area contributed by atoms with Gasteiger partial charge >= 0.3 is 0 Å². The van der Waals surface area contributed by atoms with E-state index >= 15 is 0 Å². The fraction of sp³-hybridized carbons (Fsp3) is 0.400. The molecule has 0 bridgehead atoms. The van der Waals surface area contributed by atoms with Gasteiger partial charge in [0.25, 0.3) is 0 Å². The Bertz CT molecular complexity index is 384. The molecule has 0 atom stereocenters. The average molecular weight is 176 g/mol. The summed E-state index contributed by atoms with van der Waals surface area (Å²) in [6.45, 7) is 1.97. The van der Waals surface area contributed by atoms with E-state index in [1.807, 2.05) is 31.2 Å². The van der Waals surface area contributed by atoms with Crippen molar-refractivity contribution in [2.75, 3.05) is 6.61 Å². The highest BCUT2D eigenvalue weighted by atomic mass is 16.3. The van der Waals surface area contributed by atoms with Gasteiger partial charge in [0.15, 0.2) is 5.66 Å². The van der Waals surface area contributed by atoms with Crippen LogP contribution in [0.5, 0.6) is 0 Å². The topological polar surface area (TPSA) is 45.0 Å². The van der Waals surface area contributed by atoms with Crippen molar-refractivity contribution < 1.29 is 5.11 Å². The SMILES string of the molecule is CCC1(CO)N=c2ccccc2=N1. The summed E-state index contributed by atoms with van der Waals surface area (Å²) in [7, 11) is 0. The summed E-state index contributed by atoms with van der Waals surface area (Å²) in [6.07, 6.45) is 0.734. The van der Waals surface area contributed by atoms with E-state index in [1.54, 1.807) is 0 Å². The van der Waals surface area contributed by atoms with Crippen LogP contribution >= 0.6 is 0 Å². The third-order valence-electron chi connectivity index (χ3n) is 2.36. The second kappa shape index (κ2) is 2.92. The maximum Gasteiger partial charge on any atom is 0.174 e. The monoisotopic (exact) mass is 176 g/mol. The molecule has 0 saturated heterocycles. The molecule has 1 aliphatic heterocycles. The van der Waals surface area contributed by atoms with Gasteiger partial charge in [-0.2, -0.15) is 0 Å². The first kappa shape index (κ1) is 8.38. The van der Waals surface area contributed by atoms with E-state index in [-0.39, 0.29) is 6.61 Å². The number of para-hydroxylation sites is 2. The molecule has 3 heteroatoms. The predicted octanol–water partition coefficient (Wildman–Crippen LogP) is 0.0380. The Morgan fingerprint density at radius 3 is 2.15 bits per heavy atom. The second-order valence-electron chi connectivity index (χ2n) is 3.21. The average Bonchev–Trinajstić information content (AvgIpc) is 2.57. The van der Waals surface area contributed by atoms with Crippen LogP contribution < -0.4 is 10.7 Å². The van der Waals surface area contributed by atoms with Crippen molar-refractivity contribution in [2.45, 2.75) is 19.0 Å². The quantitative estimate of drug-likeness (QED) is 0.679. The first-order valence-corrected chi connectivity index (χ1v) is 4.45. The van der Waals surface area contributed by atoms with Crippen LogP contribution in [0.2, 0.25) is 0 Å². The van der Waals surface area contributed by atoms with Crippen LogP contribution in [-0.2, 0) is 0 Å². The molecule has 0 fully saturated rings. The number of fused-ring (bicyclic) bond motifs is 1. The number of benzene rings is 1. The minimum atomic E-state index is -0.607. The molecule has 0 spiro atoms. The number of rotatable bonds is 2. The molecule has 1 aliphatic rings. The van der Waals surface area contributed by atoms with Gasteiger partial charge in [-0.25, -0.2) is 0 Å². The normalized spacial score (nSPS) is 17.4. The second-order valence-corrected chi connectivity index (χ2v) is 3.21. The van der Waals surface area contributed by atoms with Crippen molar-refractivity contribution in [3.8, 4) is 0 Å². The summed E-state index contributed by atoms with van der Waals surface area (Å²) in [4.78, 5) is 8.81. The van der Waals surface area contributed by atoms with Crippen molar-refractivity contribution in [1.82, 2.24) is 0 Å². The van der Waals surface area contributed by atoms with E-state index in [0.29, 0.717) is 0 Å². The van der Waals surface area contributed by atoms with Crippen molar-refractivity contribution in [3.63, 3.8) is 0 Å². The van der Waals surface area contributed by atoms with Gasteiger partial charge in [-0.3, -0.25) is 9.98 Å². The molecule has 1 aromatic carbocycles. The molecule has 0 radical (unpaired) electrons. The summed E-state index contributed by atoms with van der Waals surface area (Å²) in [5, 5.41) is 11.0. The molecule has 0 amide bonds. The molecule has 68 valence electrons. The minimum Gasteiger partial charge on any atom is -0.392 e. The lowest BCUT2D eigenvalue weighted by Crippen LogP contribution is -2.26. The van der Waals surface area contributed by atoms with Gasteiger partial charge in [-0.05, 0) is 18.6 Å². The van der Waals surface area contributed by atoms with Gasteiger partial charge in [0, 0.05) is 0 Å². The lowest BCUT2D eigenvalue weighted by atomic mass is 10.1. The third kappa shape index (κ3) is 1.25. The van der Waals surface area contributed by atoms with E-state index < -0.39 is 5.66 Å². The molecule has 3 nitrogen and oxygen atoms in total. The summed E-state index contributed by atoms with van der Waals surface area (Å²) in [6, 6.07) is 7.71. The van der Waals surface area contributed by atoms with Crippen molar-refractivity contribution in [2.24, 2.45) is 9.98 Å². The van der Waals surface area contributed by atoms with E-state index in [1.165, 1.54) is 0 Å². The van der Waals surface area contributed by atoms with E-state index in [4.69, 9.17) is 0 Å². The largest absolute Gasteiger partial charge is 0.392 e. The zero-order valence-electron chi connectivity index (χ0n) is 7.57. The Balaban J connectivity index is 2.62. The van der Waals surface area contributed by atoms with E-state index in [9.17, 15) is 5.11 Å². The van der Waals surface area contributed by atoms with Crippen molar-refractivity contribution in [3.05, 3.63) is 35.0 Å². The molecule has 2 rings (SSSR count).